The quantitative estimate of drug-likeness (QED) is 0.852. The molecule has 5 heteroatoms. The maximum absolute atomic E-state index is 5.83. The summed E-state index contributed by atoms with van der Waals surface area (Å²) in [5, 5.41) is 5.55. The Bertz CT molecular complexity index is 498. The zero-order valence-corrected chi connectivity index (χ0v) is 9.76. The summed E-state index contributed by atoms with van der Waals surface area (Å²) in [6, 6.07) is 2.02. The maximum atomic E-state index is 5.83. The highest BCUT2D eigenvalue weighted by atomic mass is 32.1. The Morgan fingerprint density at radius 1 is 1.44 bits per heavy atom. The summed E-state index contributed by atoms with van der Waals surface area (Å²) in [6.07, 6.45) is 5.14. The number of rotatable bonds is 3. The predicted molar refractivity (Wildman–Crippen MR) is 66.7 cm³/mol. The van der Waals surface area contributed by atoms with Crippen molar-refractivity contribution in [2.24, 2.45) is 5.73 Å². The fourth-order valence-corrected chi connectivity index (χ4v) is 2.90. The molecule has 1 aliphatic carbocycles. The van der Waals surface area contributed by atoms with Gasteiger partial charge >= 0.3 is 0 Å². The predicted octanol–water partition coefficient (Wildman–Crippen LogP) is 1.98. The minimum atomic E-state index is 0.0747. The molecule has 3 rings (SSSR count). The molecule has 0 saturated heterocycles. The molecule has 16 heavy (non-hydrogen) atoms. The second-order valence-corrected chi connectivity index (χ2v) is 5.24. The average Bonchev–Trinajstić information content (AvgIpc) is 2.72. The average molecular weight is 234 g/mol. The van der Waals surface area contributed by atoms with Crippen LogP contribution in [-0.4, -0.2) is 22.1 Å². The van der Waals surface area contributed by atoms with Crippen molar-refractivity contribution in [3.8, 4) is 0 Å². The van der Waals surface area contributed by atoms with Gasteiger partial charge in [0.1, 0.15) is 12.1 Å². The van der Waals surface area contributed by atoms with Gasteiger partial charge in [0.2, 0.25) is 0 Å². The largest absolute Gasteiger partial charge is 0.362 e. The number of fused-ring (bicyclic) bond motifs is 1. The fourth-order valence-electron chi connectivity index (χ4n) is 2.11. The van der Waals surface area contributed by atoms with E-state index < -0.39 is 0 Å². The second kappa shape index (κ2) is 3.68. The SMILES string of the molecule is NCC1(Nc2ncnc3ccsc23)CCC1. The van der Waals surface area contributed by atoms with Gasteiger partial charge in [-0.15, -0.1) is 11.3 Å². The highest BCUT2D eigenvalue weighted by molar-refractivity contribution is 7.17. The molecule has 0 spiro atoms. The van der Waals surface area contributed by atoms with Gasteiger partial charge in [-0.3, -0.25) is 0 Å². The van der Waals surface area contributed by atoms with E-state index in [0.717, 1.165) is 28.9 Å². The number of hydrogen-bond donors (Lipinski definition) is 2. The Morgan fingerprint density at radius 2 is 2.31 bits per heavy atom. The van der Waals surface area contributed by atoms with Crippen molar-refractivity contribution in [2.75, 3.05) is 11.9 Å². The number of nitrogens with one attached hydrogen (secondary N) is 1. The first-order valence-electron chi connectivity index (χ1n) is 5.49. The van der Waals surface area contributed by atoms with Crippen LogP contribution in [-0.2, 0) is 0 Å². The van der Waals surface area contributed by atoms with Crippen LogP contribution in [0.5, 0.6) is 0 Å². The maximum Gasteiger partial charge on any atom is 0.147 e. The summed E-state index contributed by atoms with van der Waals surface area (Å²) in [7, 11) is 0. The molecule has 2 aromatic rings. The third-order valence-electron chi connectivity index (χ3n) is 3.33. The highest BCUT2D eigenvalue weighted by Crippen LogP contribution is 2.36. The highest BCUT2D eigenvalue weighted by Gasteiger charge is 2.36. The van der Waals surface area contributed by atoms with Gasteiger partial charge in [-0.1, -0.05) is 0 Å². The van der Waals surface area contributed by atoms with Crippen LogP contribution in [0.1, 0.15) is 19.3 Å². The van der Waals surface area contributed by atoms with Gasteiger partial charge in [0.15, 0.2) is 0 Å². The molecule has 0 bridgehead atoms. The number of nitrogens with zero attached hydrogens (tertiary/aromatic N) is 2. The van der Waals surface area contributed by atoms with Crippen molar-refractivity contribution < 1.29 is 0 Å². The second-order valence-electron chi connectivity index (χ2n) is 4.32. The summed E-state index contributed by atoms with van der Waals surface area (Å²) in [6.45, 7) is 0.671. The van der Waals surface area contributed by atoms with Gasteiger partial charge < -0.3 is 11.1 Å². The summed E-state index contributed by atoms with van der Waals surface area (Å²) in [5.74, 6) is 0.935. The van der Waals surface area contributed by atoms with Crippen molar-refractivity contribution in [2.45, 2.75) is 24.8 Å². The number of hydrogen-bond acceptors (Lipinski definition) is 5. The topological polar surface area (TPSA) is 63.8 Å². The van der Waals surface area contributed by atoms with E-state index in [4.69, 9.17) is 5.73 Å². The first kappa shape index (κ1) is 9.99. The number of nitrogens with two attached hydrogens (primary N) is 1. The number of aromatic nitrogens is 2. The standard InChI is InChI=1S/C11H14N4S/c12-6-11(3-1-4-11)15-10-9-8(2-5-16-9)13-7-14-10/h2,5,7H,1,3-4,6,12H2,(H,13,14,15). The van der Waals surface area contributed by atoms with Crippen molar-refractivity contribution >= 4 is 27.4 Å². The molecular weight excluding hydrogens is 220 g/mol. The van der Waals surface area contributed by atoms with Crippen LogP contribution in [0.25, 0.3) is 10.2 Å². The summed E-state index contributed by atoms with van der Waals surface area (Å²) in [5.41, 5.74) is 6.92. The van der Waals surface area contributed by atoms with E-state index in [1.165, 1.54) is 6.42 Å². The normalized spacial score (nSPS) is 18.3. The molecule has 1 fully saturated rings. The van der Waals surface area contributed by atoms with Crippen molar-refractivity contribution in [1.29, 1.82) is 0 Å². The van der Waals surface area contributed by atoms with Gasteiger partial charge in [-0.2, -0.15) is 0 Å². The van der Waals surface area contributed by atoms with Crippen LogP contribution in [0.4, 0.5) is 5.82 Å². The first-order valence-corrected chi connectivity index (χ1v) is 6.37. The zero-order chi connectivity index (χ0) is 11.0. The lowest BCUT2D eigenvalue weighted by atomic mass is 9.77. The Morgan fingerprint density at radius 3 is 3.00 bits per heavy atom. The molecule has 0 radical (unpaired) electrons. The molecular formula is C11H14N4S. The Labute approximate surface area is 97.9 Å². The summed E-state index contributed by atoms with van der Waals surface area (Å²) >= 11 is 1.67. The van der Waals surface area contributed by atoms with Crippen LogP contribution < -0.4 is 11.1 Å². The van der Waals surface area contributed by atoms with E-state index in [1.807, 2.05) is 11.4 Å². The van der Waals surface area contributed by atoms with E-state index in [0.29, 0.717) is 6.54 Å². The monoisotopic (exact) mass is 234 g/mol. The van der Waals surface area contributed by atoms with Gasteiger partial charge in [0.05, 0.1) is 15.8 Å². The minimum absolute atomic E-state index is 0.0747. The van der Waals surface area contributed by atoms with E-state index in [-0.39, 0.29) is 5.54 Å². The molecule has 1 aliphatic rings. The van der Waals surface area contributed by atoms with Crippen molar-refractivity contribution in [3.63, 3.8) is 0 Å². The van der Waals surface area contributed by atoms with E-state index in [2.05, 4.69) is 15.3 Å². The lowest BCUT2D eigenvalue weighted by molar-refractivity contribution is 0.287. The smallest absolute Gasteiger partial charge is 0.147 e. The minimum Gasteiger partial charge on any atom is -0.362 e. The summed E-state index contributed by atoms with van der Waals surface area (Å²) in [4.78, 5) is 8.56. The Kier molecular flexibility index (Phi) is 2.29. The first-order chi connectivity index (χ1) is 7.83. The molecule has 1 saturated carbocycles. The van der Waals surface area contributed by atoms with Gasteiger partial charge in [0, 0.05) is 6.54 Å². The molecule has 84 valence electrons. The Balaban J connectivity index is 1.96. The lowest BCUT2D eigenvalue weighted by Gasteiger charge is -2.42. The molecule has 2 heterocycles. The van der Waals surface area contributed by atoms with Crippen LogP contribution >= 0.6 is 11.3 Å². The molecule has 0 unspecified atom stereocenters. The van der Waals surface area contributed by atoms with Crippen LogP contribution in [0.2, 0.25) is 0 Å². The van der Waals surface area contributed by atoms with Gasteiger partial charge in [0.25, 0.3) is 0 Å². The molecule has 0 amide bonds. The summed E-state index contributed by atoms with van der Waals surface area (Å²) < 4.78 is 1.13. The molecule has 0 atom stereocenters. The van der Waals surface area contributed by atoms with Crippen LogP contribution in [0.15, 0.2) is 17.8 Å². The molecule has 0 aromatic carbocycles. The zero-order valence-electron chi connectivity index (χ0n) is 8.94. The van der Waals surface area contributed by atoms with Crippen molar-refractivity contribution in [1.82, 2.24) is 9.97 Å². The Hall–Kier alpha value is -1.20. The third kappa shape index (κ3) is 1.47. The van der Waals surface area contributed by atoms with E-state index in [1.54, 1.807) is 17.7 Å². The fraction of sp³-hybridized carbons (Fsp3) is 0.455. The number of anilines is 1. The van der Waals surface area contributed by atoms with Crippen LogP contribution in [0, 0.1) is 0 Å². The molecule has 3 N–H and O–H groups in total. The van der Waals surface area contributed by atoms with E-state index in [9.17, 15) is 0 Å². The molecule has 0 aliphatic heterocycles. The third-order valence-corrected chi connectivity index (χ3v) is 4.24. The number of thiophene rings is 1. The molecule has 4 nitrogen and oxygen atoms in total. The van der Waals surface area contributed by atoms with Gasteiger partial charge in [-0.05, 0) is 30.7 Å². The molecule has 2 aromatic heterocycles. The van der Waals surface area contributed by atoms with Gasteiger partial charge in [-0.25, -0.2) is 9.97 Å². The van der Waals surface area contributed by atoms with Crippen LogP contribution in [0.3, 0.4) is 0 Å². The van der Waals surface area contributed by atoms with Crippen molar-refractivity contribution in [3.05, 3.63) is 17.8 Å². The van der Waals surface area contributed by atoms with E-state index >= 15 is 0 Å². The lowest BCUT2D eigenvalue weighted by Crippen LogP contribution is -2.51.